The Morgan fingerprint density at radius 1 is 0.783 bits per heavy atom. The molecule has 0 fully saturated rings. The molecule has 2 aromatic heterocycles. The first-order valence-corrected chi connectivity index (χ1v) is 7.66. The first-order chi connectivity index (χ1) is 10.8. The minimum Gasteiger partial charge on any atom is -0.277 e. The summed E-state index contributed by atoms with van der Waals surface area (Å²) in [5.41, 5.74) is -2.26. The number of aromatic nitrogens is 2. The quantitative estimate of drug-likeness (QED) is 0.722. The van der Waals surface area contributed by atoms with Gasteiger partial charge < -0.3 is 0 Å². The Balaban J connectivity index is 2.56. The third-order valence-electron chi connectivity index (χ3n) is 5.16. The Labute approximate surface area is 131 Å². The van der Waals surface area contributed by atoms with Gasteiger partial charge in [-0.15, -0.1) is 0 Å². The fourth-order valence-electron chi connectivity index (χ4n) is 3.15. The summed E-state index contributed by atoms with van der Waals surface area (Å²) >= 11 is 0. The van der Waals surface area contributed by atoms with Crippen molar-refractivity contribution in [3.63, 3.8) is 0 Å². The standard InChI is InChI=1S/C17H18N2O4/c1-5-17(3,6-2)19-15(22)11-7-9-10(8-12(11)16(19)23)14(21)18(4)13(9)20/h7-8H,5-6H2,1-4H3. The minimum atomic E-state index is -0.581. The van der Waals surface area contributed by atoms with Crippen molar-refractivity contribution >= 4 is 21.5 Å². The van der Waals surface area contributed by atoms with Gasteiger partial charge in [-0.05, 0) is 31.9 Å². The van der Waals surface area contributed by atoms with Gasteiger partial charge in [0.05, 0.1) is 21.5 Å². The lowest BCUT2D eigenvalue weighted by Gasteiger charge is -2.27. The van der Waals surface area contributed by atoms with Crippen LogP contribution in [0.3, 0.4) is 0 Å². The Kier molecular flexibility index (Phi) is 3.18. The lowest BCUT2D eigenvalue weighted by molar-refractivity contribution is 0.282. The zero-order valence-electron chi connectivity index (χ0n) is 13.6. The molecule has 0 radical (unpaired) electrons. The largest absolute Gasteiger partial charge is 0.277 e. The molecule has 0 bridgehead atoms. The molecule has 6 nitrogen and oxygen atoms in total. The highest BCUT2D eigenvalue weighted by Crippen LogP contribution is 2.23. The number of fused-ring (bicyclic) bond motifs is 2. The molecule has 6 heteroatoms. The summed E-state index contributed by atoms with van der Waals surface area (Å²) in [7, 11) is 1.39. The molecule has 3 aromatic rings. The molecular weight excluding hydrogens is 296 g/mol. The van der Waals surface area contributed by atoms with Crippen LogP contribution in [0.1, 0.15) is 33.6 Å². The highest BCUT2D eigenvalue weighted by atomic mass is 16.2. The van der Waals surface area contributed by atoms with Crippen LogP contribution in [0, 0.1) is 0 Å². The number of hydrogen-bond donors (Lipinski definition) is 0. The highest BCUT2D eigenvalue weighted by Gasteiger charge is 2.29. The molecule has 0 aliphatic carbocycles. The molecule has 0 N–H and O–H groups in total. The number of nitrogens with zero attached hydrogens (tertiary/aromatic N) is 2. The third kappa shape index (κ3) is 1.81. The number of hydrogen-bond acceptors (Lipinski definition) is 4. The first kappa shape index (κ1) is 15.4. The van der Waals surface area contributed by atoms with Gasteiger partial charge in [0.25, 0.3) is 22.2 Å². The molecule has 0 saturated heterocycles. The molecule has 23 heavy (non-hydrogen) atoms. The van der Waals surface area contributed by atoms with Crippen molar-refractivity contribution < 1.29 is 0 Å². The predicted molar refractivity (Wildman–Crippen MR) is 90.1 cm³/mol. The van der Waals surface area contributed by atoms with Crippen molar-refractivity contribution in [3.8, 4) is 0 Å². The molecule has 0 unspecified atom stereocenters. The monoisotopic (exact) mass is 314 g/mol. The van der Waals surface area contributed by atoms with Gasteiger partial charge in [0.15, 0.2) is 0 Å². The van der Waals surface area contributed by atoms with Crippen molar-refractivity contribution in [2.75, 3.05) is 0 Å². The van der Waals surface area contributed by atoms with Gasteiger partial charge in [0.2, 0.25) is 0 Å². The van der Waals surface area contributed by atoms with Crippen LogP contribution in [-0.2, 0) is 12.6 Å². The molecule has 2 heterocycles. The van der Waals surface area contributed by atoms with Gasteiger partial charge in [-0.3, -0.25) is 28.3 Å². The van der Waals surface area contributed by atoms with Gasteiger partial charge in [-0.2, -0.15) is 0 Å². The van der Waals surface area contributed by atoms with E-state index in [4.69, 9.17) is 0 Å². The van der Waals surface area contributed by atoms with Gasteiger partial charge in [-0.25, -0.2) is 0 Å². The van der Waals surface area contributed by atoms with Crippen LogP contribution in [0.4, 0.5) is 0 Å². The predicted octanol–water partition coefficient (Wildman–Crippen LogP) is 0.985. The van der Waals surface area contributed by atoms with E-state index in [0.29, 0.717) is 12.8 Å². The van der Waals surface area contributed by atoms with E-state index in [2.05, 4.69) is 0 Å². The Morgan fingerprint density at radius 3 is 1.48 bits per heavy atom. The maximum absolute atomic E-state index is 12.7. The molecule has 120 valence electrons. The van der Waals surface area contributed by atoms with Crippen molar-refractivity contribution in [3.05, 3.63) is 53.5 Å². The van der Waals surface area contributed by atoms with E-state index in [9.17, 15) is 19.2 Å². The van der Waals surface area contributed by atoms with E-state index in [1.807, 2.05) is 20.8 Å². The summed E-state index contributed by atoms with van der Waals surface area (Å²) in [6, 6.07) is 2.78. The summed E-state index contributed by atoms with van der Waals surface area (Å²) in [5, 5.41) is 0.791. The SMILES string of the molecule is CCC(C)(CC)n1c(=O)c2cc3c(=O)n(C)c(=O)c3cc2c1=O. The van der Waals surface area contributed by atoms with Gasteiger partial charge >= 0.3 is 0 Å². The summed E-state index contributed by atoms with van der Waals surface area (Å²) < 4.78 is 2.26. The third-order valence-corrected chi connectivity index (χ3v) is 5.16. The average molecular weight is 314 g/mol. The smallest absolute Gasteiger partial charge is 0.262 e. The zero-order chi connectivity index (χ0) is 17.1. The second-order valence-corrected chi connectivity index (χ2v) is 6.26. The van der Waals surface area contributed by atoms with E-state index in [-0.39, 0.29) is 21.5 Å². The Morgan fingerprint density at radius 2 is 1.13 bits per heavy atom. The first-order valence-electron chi connectivity index (χ1n) is 7.66. The van der Waals surface area contributed by atoms with Crippen molar-refractivity contribution in [2.24, 2.45) is 7.05 Å². The fraction of sp³-hybridized carbons (Fsp3) is 0.412. The zero-order valence-corrected chi connectivity index (χ0v) is 13.6. The van der Waals surface area contributed by atoms with Crippen LogP contribution in [0.15, 0.2) is 31.3 Å². The molecule has 1 aromatic carbocycles. The van der Waals surface area contributed by atoms with Crippen LogP contribution in [-0.4, -0.2) is 9.13 Å². The van der Waals surface area contributed by atoms with Crippen LogP contribution < -0.4 is 22.2 Å². The van der Waals surface area contributed by atoms with Crippen LogP contribution in [0.5, 0.6) is 0 Å². The van der Waals surface area contributed by atoms with E-state index in [0.717, 1.165) is 4.57 Å². The fourth-order valence-corrected chi connectivity index (χ4v) is 3.15. The highest BCUT2D eigenvalue weighted by molar-refractivity contribution is 5.97. The topological polar surface area (TPSA) is 78.1 Å². The van der Waals surface area contributed by atoms with Crippen molar-refractivity contribution in [1.29, 1.82) is 0 Å². The normalized spacial score (nSPS) is 12.5. The lowest BCUT2D eigenvalue weighted by Crippen LogP contribution is -2.42. The molecule has 0 aliphatic rings. The second kappa shape index (κ2) is 4.75. The van der Waals surface area contributed by atoms with Crippen molar-refractivity contribution in [1.82, 2.24) is 9.13 Å². The van der Waals surface area contributed by atoms with Crippen LogP contribution in [0.25, 0.3) is 21.5 Å². The molecule has 3 rings (SSSR count). The van der Waals surface area contributed by atoms with Gasteiger partial charge in [-0.1, -0.05) is 13.8 Å². The van der Waals surface area contributed by atoms with E-state index in [1.54, 1.807) is 0 Å². The molecule has 0 spiro atoms. The lowest BCUT2D eigenvalue weighted by atomic mass is 9.95. The summed E-state index contributed by atoms with van der Waals surface area (Å²) in [6.45, 7) is 5.72. The number of rotatable bonds is 3. The van der Waals surface area contributed by atoms with Gasteiger partial charge in [0, 0.05) is 12.6 Å². The van der Waals surface area contributed by atoms with E-state index in [1.165, 1.54) is 23.7 Å². The molecular formula is C17H18N2O4. The van der Waals surface area contributed by atoms with Gasteiger partial charge in [0.1, 0.15) is 0 Å². The molecule has 0 saturated carbocycles. The average Bonchev–Trinajstić information content (AvgIpc) is 2.93. The maximum atomic E-state index is 12.7. The summed E-state index contributed by atoms with van der Waals surface area (Å²) in [4.78, 5) is 49.6. The van der Waals surface area contributed by atoms with Crippen molar-refractivity contribution in [2.45, 2.75) is 39.2 Å². The minimum absolute atomic E-state index is 0.189. The van der Waals surface area contributed by atoms with Crippen LogP contribution in [0.2, 0.25) is 0 Å². The Bertz CT molecular complexity index is 1060. The van der Waals surface area contributed by atoms with E-state index < -0.39 is 27.8 Å². The molecule has 0 atom stereocenters. The molecule has 0 amide bonds. The second-order valence-electron chi connectivity index (χ2n) is 6.26. The maximum Gasteiger partial charge on any atom is 0.262 e. The summed E-state index contributed by atoms with van der Waals surface area (Å²) in [5.74, 6) is 0. The van der Waals surface area contributed by atoms with Crippen LogP contribution >= 0.6 is 0 Å². The molecule has 0 aliphatic heterocycles. The summed E-state index contributed by atoms with van der Waals surface area (Å²) in [6.07, 6.45) is 1.27. The van der Waals surface area contributed by atoms with E-state index >= 15 is 0 Å². The Hall–Kier alpha value is -2.50. The number of benzene rings is 1.